The Morgan fingerprint density at radius 3 is 2.60 bits per heavy atom. The van der Waals surface area contributed by atoms with E-state index in [1.807, 2.05) is 0 Å². The summed E-state index contributed by atoms with van der Waals surface area (Å²) in [6.45, 7) is 0. The van der Waals surface area contributed by atoms with Gasteiger partial charge in [-0.15, -0.1) is 0 Å². The minimum absolute atomic E-state index is 0.324. The van der Waals surface area contributed by atoms with Crippen molar-refractivity contribution in [3.63, 3.8) is 0 Å². The van der Waals surface area contributed by atoms with Crippen molar-refractivity contribution in [2.24, 2.45) is 7.05 Å². The molecule has 0 atom stereocenters. The molecule has 3 nitrogen and oxygen atoms in total. The Kier molecular flexibility index (Phi) is 1.98. The molecule has 10 heavy (non-hydrogen) atoms. The van der Waals surface area contributed by atoms with Crippen LogP contribution in [0.1, 0.15) is 10.5 Å². The lowest BCUT2D eigenvalue weighted by Gasteiger charge is -1.92. The van der Waals surface area contributed by atoms with Crippen molar-refractivity contribution in [3.05, 3.63) is 21.5 Å². The van der Waals surface area contributed by atoms with Crippen LogP contribution in [0.2, 0.25) is 0 Å². The van der Waals surface area contributed by atoms with E-state index in [1.54, 1.807) is 23.9 Å². The summed E-state index contributed by atoms with van der Waals surface area (Å²) in [5.74, 6) is -0.884. The van der Waals surface area contributed by atoms with Crippen LogP contribution >= 0.6 is 22.6 Å². The number of aromatic carboxylic acids is 1. The van der Waals surface area contributed by atoms with Gasteiger partial charge in [-0.2, -0.15) is 0 Å². The summed E-state index contributed by atoms with van der Waals surface area (Å²) < 4.78 is 2.53. The Bertz CT molecular complexity index is 267. The minimum Gasteiger partial charge on any atom is -0.477 e. The molecule has 1 aromatic rings. The van der Waals surface area contributed by atoms with Gasteiger partial charge in [-0.05, 0) is 28.7 Å². The number of nitrogens with zero attached hydrogens (tertiary/aromatic N) is 1. The number of aryl methyl sites for hydroxylation is 1. The molecule has 1 rings (SSSR count). The zero-order valence-electron chi connectivity index (χ0n) is 5.34. The van der Waals surface area contributed by atoms with Crippen molar-refractivity contribution < 1.29 is 9.90 Å². The summed E-state index contributed by atoms with van der Waals surface area (Å²) in [7, 11) is 1.71. The van der Waals surface area contributed by atoms with Gasteiger partial charge in [-0.3, -0.25) is 0 Å². The van der Waals surface area contributed by atoms with Gasteiger partial charge in [-0.25, -0.2) is 4.79 Å². The molecule has 0 aliphatic heterocycles. The lowest BCUT2D eigenvalue weighted by atomic mass is 10.4. The number of halogens is 1. The van der Waals surface area contributed by atoms with Gasteiger partial charge in [0, 0.05) is 16.8 Å². The second-order valence-electron chi connectivity index (χ2n) is 1.96. The van der Waals surface area contributed by atoms with Crippen LogP contribution in [0, 0.1) is 3.57 Å². The summed E-state index contributed by atoms with van der Waals surface area (Å²) in [6.07, 6.45) is 1.77. The van der Waals surface area contributed by atoms with Crippen LogP contribution in [0.4, 0.5) is 0 Å². The number of carboxylic acids is 1. The van der Waals surface area contributed by atoms with E-state index in [2.05, 4.69) is 22.6 Å². The number of aromatic nitrogens is 1. The monoisotopic (exact) mass is 251 g/mol. The molecular weight excluding hydrogens is 245 g/mol. The Balaban J connectivity index is 3.15. The number of rotatable bonds is 1. The molecule has 0 unspecified atom stereocenters. The number of hydrogen-bond acceptors (Lipinski definition) is 1. The van der Waals surface area contributed by atoms with Gasteiger partial charge < -0.3 is 9.67 Å². The Morgan fingerprint density at radius 2 is 2.40 bits per heavy atom. The molecule has 4 heteroatoms. The molecule has 1 heterocycles. The Morgan fingerprint density at radius 1 is 1.80 bits per heavy atom. The summed E-state index contributed by atoms with van der Waals surface area (Å²) in [6, 6.07) is 1.63. The van der Waals surface area contributed by atoms with Gasteiger partial charge >= 0.3 is 5.97 Å². The summed E-state index contributed by atoms with van der Waals surface area (Å²) in [5.41, 5.74) is 0.324. The normalized spacial score (nSPS) is 9.80. The van der Waals surface area contributed by atoms with Crippen LogP contribution in [0.25, 0.3) is 0 Å². The van der Waals surface area contributed by atoms with Crippen LogP contribution in [-0.2, 0) is 7.05 Å². The molecular formula is C6H6INO2. The maximum Gasteiger partial charge on any atom is 0.352 e. The smallest absolute Gasteiger partial charge is 0.352 e. The van der Waals surface area contributed by atoms with Crippen LogP contribution in [0.15, 0.2) is 12.3 Å². The van der Waals surface area contributed by atoms with Crippen molar-refractivity contribution in [3.8, 4) is 0 Å². The lowest BCUT2D eigenvalue weighted by Crippen LogP contribution is -2.02. The molecule has 54 valence electrons. The van der Waals surface area contributed by atoms with E-state index in [1.165, 1.54) is 0 Å². The zero-order chi connectivity index (χ0) is 7.72. The van der Waals surface area contributed by atoms with E-state index in [9.17, 15) is 4.79 Å². The quantitative estimate of drug-likeness (QED) is 0.765. The average Bonchev–Trinajstić information content (AvgIpc) is 2.10. The molecule has 0 saturated heterocycles. The first-order chi connectivity index (χ1) is 4.61. The first kappa shape index (κ1) is 7.59. The van der Waals surface area contributed by atoms with Crippen LogP contribution < -0.4 is 0 Å². The molecule has 0 amide bonds. The number of carbonyl (C=O) groups is 1. The zero-order valence-corrected chi connectivity index (χ0v) is 7.49. The predicted molar refractivity (Wildman–Crippen MR) is 45.1 cm³/mol. The fourth-order valence-electron chi connectivity index (χ4n) is 0.737. The second-order valence-corrected chi connectivity index (χ2v) is 3.21. The Hall–Kier alpha value is -0.520. The highest BCUT2D eigenvalue weighted by atomic mass is 127. The predicted octanol–water partition coefficient (Wildman–Crippen LogP) is 1.33. The fourth-order valence-corrected chi connectivity index (χ4v) is 1.45. The Labute approximate surface area is 71.8 Å². The van der Waals surface area contributed by atoms with E-state index < -0.39 is 5.97 Å². The average molecular weight is 251 g/mol. The molecule has 0 aliphatic rings. The highest BCUT2D eigenvalue weighted by Crippen LogP contribution is 2.08. The summed E-state index contributed by atoms with van der Waals surface area (Å²) in [5, 5.41) is 8.55. The van der Waals surface area contributed by atoms with Crippen LogP contribution in [0.3, 0.4) is 0 Å². The standard InChI is InChI=1S/C6H6INO2/c1-8-3-4(7)2-5(8)6(9)10/h2-3H,1H3,(H,9,10). The molecule has 1 aromatic heterocycles. The van der Waals surface area contributed by atoms with Gasteiger partial charge in [0.2, 0.25) is 0 Å². The third-order valence-corrected chi connectivity index (χ3v) is 1.78. The van der Waals surface area contributed by atoms with Crippen molar-refractivity contribution >= 4 is 28.6 Å². The van der Waals surface area contributed by atoms with E-state index in [4.69, 9.17) is 5.11 Å². The van der Waals surface area contributed by atoms with Crippen LogP contribution in [0.5, 0.6) is 0 Å². The van der Waals surface area contributed by atoms with Crippen molar-refractivity contribution in [1.29, 1.82) is 0 Å². The molecule has 0 spiro atoms. The van der Waals surface area contributed by atoms with E-state index >= 15 is 0 Å². The second kappa shape index (κ2) is 2.61. The summed E-state index contributed by atoms with van der Waals surface area (Å²) >= 11 is 2.08. The summed E-state index contributed by atoms with van der Waals surface area (Å²) in [4.78, 5) is 10.4. The van der Waals surface area contributed by atoms with Gasteiger partial charge in [0.05, 0.1) is 0 Å². The molecule has 0 aromatic carbocycles. The first-order valence-corrected chi connectivity index (χ1v) is 3.74. The van der Waals surface area contributed by atoms with Gasteiger partial charge in [-0.1, -0.05) is 0 Å². The molecule has 0 radical (unpaired) electrons. The van der Waals surface area contributed by atoms with E-state index in [0.717, 1.165) is 3.57 Å². The molecule has 0 saturated carbocycles. The first-order valence-electron chi connectivity index (χ1n) is 2.66. The van der Waals surface area contributed by atoms with Gasteiger partial charge in [0.1, 0.15) is 5.69 Å². The maximum absolute atomic E-state index is 10.4. The van der Waals surface area contributed by atoms with Crippen molar-refractivity contribution in [2.45, 2.75) is 0 Å². The highest BCUT2D eigenvalue weighted by Gasteiger charge is 2.07. The van der Waals surface area contributed by atoms with Gasteiger partial charge in [0.15, 0.2) is 0 Å². The van der Waals surface area contributed by atoms with Crippen LogP contribution in [-0.4, -0.2) is 15.6 Å². The van der Waals surface area contributed by atoms with E-state index in [-0.39, 0.29) is 0 Å². The largest absolute Gasteiger partial charge is 0.477 e. The third kappa shape index (κ3) is 1.31. The minimum atomic E-state index is -0.884. The third-order valence-electron chi connectivity index (χ3n) is 1.19. The fraction of sp³-hybridized carbons (Fsp3) is 0.167. The topological polar surface area (TPSA) is 42.2 Å². The van der Waals surface area contributed by atoms with Gasteiger partial charge in [0.25, 0.3) is 0 Å². The molecule has 0 bridgehead atoms. The molecule has 1 N–H and O–H groups in total. The molecule has 0 aliphatic carbocycles. The lowest BCUT2D eigenvalue weighted by molar-refractivity contribution is 0.0686. The maximum atomic E-state index is 10.4. The van der Waals surface area contributed by atoms with Crippen molar-refractivity contribution in [2.75, 3.05) is 0 Å². The van der Waals surface area contributed by atoms with E-state index in [0.29, 0.717) is 5.69 Å². The van der Waals surface area contributed by atoms with Crippen molar-refractivity contribution in [1.82, 2.24) is 4.57 Å². The SMILES string of the molecule is Cn1cc(I)cc1C(=O)O. The number of hydrogen-bond donors (Lipinski definition) is 1. The number of carboxylic acid groups (broad SMARTS) is 1. The highest BCUT2D eigenvalue weighted by molar-refractivity contribution is 14.1. The molecule has 0 fully saturated rings.